The number of amides is 2. The van der Waals surface area contributed by atoms with Crippen LogP contribution in [0, 0.1) is 5.41 Å². The van der Waals surface area contributed by atoms with Crippen LogP contribution in [0.3, 0.4) is 0 Å². The van der Waals surface area contributed by atoms with Crippen LogP contribution in [-0.2, 0) is 31.4 Å². The summed E-state index contributed by atoms with van der Waals surface area (Å²) in [7, 11) is -8.43. The highest BCUT2D eigenvalue weighted by molar-refractivity contribution is 7.93. The van der Waals surface area contributed by atoms with E-state index in [1.165, 1.54) is 24.4 Å². The molecule has 0 aliphatic rings. The molecule has 0 atom stereocenters. The summed E-state index contributed by atoms with van der Waals surface area (Å²) in [5.41, 5.74) is 7.45. The molecular formula is C31H28N6O6S2. The molecule has 1 aromatic heterocycles. The van der Waals surface area contributed by atoms with Crippen LogP contribution in [0.5, 0.6) is 0 Å². The third-order valence-corrected chi connectivity index (χ3v) is 9.27. The summed E-state index contributed by atoms with van der Waals surface area (Å²) in [5.74, 6) is -1.49. The van der Waals surface area contributed by atoms with Crippen molar-refractivity contribution in [2.45, 2.75) is 11.4 Å². The van der Waals surface area contributed by atoms with Gasteiger partial charge in [-0.3, -0.25) is 29.0 Å². The molecule has 4 aromatic carbocycles. The fraction of sp³-hybridized carbons (Fsp3) is 0.0968. The summed E-state index contributed by atoms with van der Waals surface area (Å²) in [6, 6.07) is 24.4. The van der Waals surface area contributed by atoms with Gasteiger partial charge in [-0.15, -0.1) is 0 Å². The molecule has 0 radical (unpaired) electrons. The van der Waals surface area contributed by atoms with Gasteiger partial charge in [0.2, 0.25) is 10.0 Å². The van der Waals surface area contributed by atoms with Gasteiger partial charge in [0, 0.05) is 29.3 Å². The number of nitrogen functional groups attached to an aromatic ring is 1. The molecular weight excluding hydrogens is 617 g/mol. The molecule has 2 amide bonds. The number of benzene rings is 4. The maximum atomic E-state index is 14.1. The molecule has 0 unspecified atom stereocenters. The zero-order valence-electron chi connectivity index (χ0n) is 23.9. The summed E-state index contributed by atoms with van der Waals surface area (Å²) >= 11 is 0. The van der Waals surface area contributed by atoms with Gasteiger partial charge in [0.25, 0.3) is 21.8 Å². The number of fused-ring (bicyclic) bond motifs is 2. The number of nitrogens with zero attached hydrogens (tertiary/aromatic N) is 2. The largest absolute Gasteiger partial charge is 0.384 e. The number of anilines is 1. The van der Waals surface area contributed by atoms with Gasteiger partial charge in [-0.25, -0.2) is 16.8 Å². The van der Waals surface area contributed by atoms with Crippen LogP contribution >= 0.6 is 0 Å². The predicted octanol–water partition coefficient (Wildman–Crippen LogP) is 2.87. The van der Waals surface area contributed by atoms with Crippen molar-refractivity contribution in [3.63, 3.8) is 0 Å². The molecule has 14 heteroatoms. The summed E-state index contributed by atoms with van der Waals surface area (Å²) in [5, 5.41) is 12.0. The zero-order valence-corrected chi connectivity index (χ0v) is 25.5. The van der Waals surface area contributed by atoms with Crippen molar-refractivity contribution >= 4 is 65.1 Å². The molecule has 0 fully saturated rings. The van der Waals surface area contributed by atoms with Crippen LogP contribution in [0.2, 0.25) is 0 Å². The highest BCUT2D eigenvalue weighted by Crippen LogP contribution is 2.31. The second-order valence-corrected chi connectivity index (χ2v) is 13.7. The van der Waals surface area contributed by atoms with Crippen molar-refractivity contribution in [2.24, 2.45) is 5.73 Å². The fourth-order valence-electron chi connectivity index (χ4n) is 4.79. The number of rotatable bonds is 10. The van der Waals surface area contributed by atoms with E-state index in [-0.39, 0.29) is 34.4 Å². The van der Waals surface area contributed by atoms with Crippen molar-refractivity contribution in [2.75, 3.05) is 17.1 Å². The van der Waals surface area contributed by atoms with E-state index in [1.54, 1.807) is 72.8 Å². The standard InChI is InChI=1S/C31H28N6O6S2/c1-44(40,41)36-28(38)19-37(45(42,43)27-9-3-5-21-7-4-16-34-29(21)27)24-14-15-25-23(17-24)6-2-8-26(25)31(39)35-18-20-10-12-22(13-11-20)30(32)33/h2-17H,18-19H2,1H3,(H3,32,33)(H,35,39)(H,36,38). The van der Waals surface area contributed by atoms with Gasteiger partial charge in [-0.2, -0.15) is 0 Å². The first-order valence-corrected chi connectivity index (χ1v) is 16.8. The lowest BCUT2D eigenvalue weighted by molar-refractivity contribution is -0.117. The first-order chi connectivity index (χ1) is 21.3. The Bertz CT molecular complexity index is 2180. The number of amidine groups is 1. The first-order valence-electron chi connectivity index (χ1n) is 13.4. The van der Waals surface area contributed by atoms with Crippen molar-refractivity contribution in [3.05, 3.63) is 114 Å². The van der Waals surface area contributed by atoms with Crippen molar-refractivity contribution in [1.29, 1.82) is 5.41 Å². The summed E-state index contributed by atoms with van der Waals surface area (Å²) < 4.78 is 54.4. The molecule has 45 heavy (non-hydrogen) atoms. The SMILES string of the molecule is CS(=O)(=O)NC(=O)CN(c1ccc2c(C(=O)NCc3ccc(C(=N)N)cc3)cccc2c1)S(=O)(=O)c1cccc2cccnc12. The Balaban J connectivity index is 1.51. The maximum Gasteiger partial charge on any atom is 0.266 e. The Hall–Kier alpha value is -5.34. The molecule has 0 spiro atoms. The van der Waals surface area contributed by atoms with E-state index in [2.05, 4.69) is 10.3 Å². The van der Waals surface area contributed by atoms with Crippen LogP contribution in [0.4, 0.5) is 5.69 Å². The second-order valence-electron chi connectivity index (χ2n) is 10.1. The van der Waals surface area contributed by atoms with Gasteiger partial charge in [0.15, 0.2) is 0 Å². The molecule has 0 aliphatic heterocycles. The Labute approximate surface area is 259 Å². The predicted molar refractivity (Wildman–Crippen MR) is 172 cm³/mol. The molecule has 5 rings (SSSR count). The van der Waals surface area contributed by atoms with Crippen molar-refractivity contribution in [3.8, 4) is 0 Å². The van der Waals surface area contributed by atoms with Crippen molar-refractivity contribution < 1.29 is 26.4 Å². The van der Waals surface area contributed by atoms with Crippen LogP contribution in [0.1, 0.15) is 21.5 Å². The fourth-order valence-corrected chi connectivity index (χ4v) is 6.85. The molecule has 0 bridgehead atoms. The number of sulfonamides is 2. The van der Waals surface area contributed by atoms with E-state index in [0.717, 1.165) is 16.1 Å². The third kappa shape index (κ3) is 6.92. The van der Waals surface area contributed by atoms with E-state index < -0.39 is 32.5 Å². The monoisotopic (exact) mass is 644 g/mol. The van der Waals surface area contributed by atoms with Crippen molar-refractivity contribution in [1.82, 2.24) is 15.0 Å². The van der Waals surface area contributed by atoms with E-state index in [1.807, 2.05) is 4.72 Å². The summed E-state index contributed by atoms with van der Waals surface area (Å²) in [4.78, 5) is 30.0. The van der Waals surface area contributed by atoms with E-state index in [4.69, 9.17) is 11.1 Å². The van der Waals surface area contributed by atoms with E-state index >= 15 is 0 Å². The number of hydrogen-bond donors (Lipinski definition) is 4. The van der Waals surface area contributed by atoms with Crippen LogP contribution < -0.4 is 20.1 Å². The molecule has 5 aromatic rings. The van der Waals surface area contributed by atoms with Gasteiger partial charge in [0.1, 0.15) is 17.3 Å². The van der Waals surface area contributed by atoms with Gasteiger partial charge in [-0.05, 0) is 46.7 Å². The second kappa shape index (κ2) is 12.3. The van der Waals surface area contributed by atoms with Crippen LogP contribution in [0.25, 0.3) is 21.7 Å². The Kier molecular flexibility index (Phi) is 8.53. The number of nitrogens with one attached hydrogen (secondary N) is 3. The molecule has 0 saturated carbocycles. The molecule has 5 N–H and O–H groups in total. The summed E-state index contributed by atoms with van der Waals surface area (Å²) in [6.45, 7) is -0.626. The van der Waals surface area contributed by atoms with Gasteiger partial charge >= 0.3 is 0 Å². The number of para-hydroxylation sites is 1. The number of aromatic nitrogens is 1. The van der Waals surface area contributed by atoms with Gasteiger partial charge < -0.3 is 11.1 Å². The lowest BCUT2D eigenvalue weighted by Crippen LogP contribution is -2.42. The third-order valence-electron chi connectivity index (χ3n) is 6.86. The highest BCUT2D eigenvalue weighted by atomic mass is 32.2. The van der Waals surface area contributed by atoms with Crippen LogP contribution in [0.15, 0.2) is 102 Å². The minimum Gasteiger partial charge on any atom is -0.384 e. The Morgan fingerprint density at radius 2 is 1.58 bits per heavy atom. The van der Waals surface area contributed by atoms with Gasteiger partial charge in [0.05, 0.1) is 17.5 Å². The number of nitrogens with two attached hydrogens (primary N) is 1. The maximum absolute atomic E-state index is 14.1. The first kappa shape index (κ1) is 31.1. The normalized spacial score (nSPS) is 11.7. The Morgan fingerprint density at radius 1 is 0.889 bits per heavy atom. The summed E-state index contributed by atoms with van der Waals surface area (Å²) in [6.07, 6.45) is 2.24. The number of carbonyl (C=O) groups excluding carboxylic acids is 2. The average Bonchev–Trinajstić information content (AvgIpc) is 3.01. The number of pyridine rings is 1. The lowest BCUT2D eigenvalue weighted by Gasteiger charge is -2.25. The molecule has 12 nitrogen and oxygen atoms in total. The lowest BCUT2D eigenvalue weighted by atomic mass is 10.0. The zero-order chi connectivity index (χ0) is 32.4. The molecule has 1 heterocycles. The smallest absolute Gasteiger partial charge is 0.266 e. The topological polar surface area (TPSA) is 192 Å². The molecule has 0 aliphatic carbocycles. The minimum absolute atomic E-state index is 0.0584. The van der Waals surface area contributed by atoms with Crippen LogP contribution in [-0.4, -0.2) is 52.3 Å². The quantitative estimate of drug-likeness (QED) is 0.132. The number of hydrogen-bond acceptors (Lipinski definition) is 8. The average molecular weight is 645 g/mol. The molecule has 0 saturated heterocycles. The molecule has 230 valence electrons. The van der Waals surface area contributed by atoms with E-state index in [9.17, 15) is 26.4 Å². The Morgan fingerprint density at radius 3 is 2.29 bits per heavy atom. The highest BCUT2D eigenvalue weighted by Gasteiger charge is 2.30. The van der Waals surface area contributed by atoms with E-state index in [0.29, 0.717) is 27.3 Å². The number of carbonyl (C=O) groups is 2. The minimum atomic E-state index is -4.46. The van der Waals surface area contributed by atoms with Gasteiger partial charge in [-0.1, -0.05) is 60.7 Å².